The van der Waals surface area contributed by atoms with Gasteiger partial charge in [-0.2, -0.15) is 0 Å². The zero-order valence-corrected chi connectivity index (χ0v) is 17.6. The molecule has 0 radical (unpaired) electrons. The van der Waals surface area contributed by atoms with Gasteiger partial charge in [0, 0.05) is 25.6 Å². The molecule has 0 aliphatic carbocycles. The zero-order chi connectivity index (χ0) is 20.9. The van der Waals surface area contributed by atoms with Crippen LogP contribution in [-0.4, -0.2) is 64.5 Å². The Balaban J connectivity index is 3.28. The molecule has 166 valence electrons. The SMILES string of the molecule is CCCCCNCCCOCCOCCOCCCC(CCC(N)=O)C(N)=O. The van der Waals surface area contributed by atoms with Gasteiger partial charge in [-0.3, -0.25) is 9.59 Å². The molecule has 5 N–H and O–H groups in total. The molecule has 0 heterocycles. The molecule has 0 aromatic carbocycles. The van der Waals surface area contributed by atoms with Crippen molar-refractivity contribution in [1.82, 2.24) is 5.32 Å². The van der Waals surface area contributed by atoms with Gasteiger partial charge < -0.3 is 31.0 Å². The summed E-state index contributed by atoms with van der Waals surface area (Å²) in [5.74, 6) is -1.13. The number of nitrogens with one attached hydrogen (secondary N) is 1. The average molecular weight is 404 g/mol. The first-order valence-electron chi connectivity index (χ1n) is 10.6. The van der Waals surface area contributed by atoms with Crippen molar-refractivity contribution < 1.29 is 23.8 Å². The summed E-state index contributed by atoms with van der Waals surface area (Å²) in [4.78, 5) is 22.1. The number of unbranched alkanes of at least 4 members (excludes halogenated alkanes) is 2. The summed E-state index contributed by atoms with van der Waals surface area (Å²) in [7, 11) is 0. The van der Waals surface area contributed by atoms with Gasteiger partial charge >= 0.3 is 0 Å². The number of amides is 2. The van der Waals surface area contributed by atoms with Crippen molar-refractivity contribution in [3.8, 4) is 0 Å². The van der Waals surface area contributed by atoms with E-state index in [1.807, 2.05) is 0 Å². The van der Waals surface area contributed by atoms with E-state index in [1.165, 1.54) is 19.3 Å². The lowest BCUT2D eigenvalue weighted by atomic mass is 9.97. The highest BCUT2D eigenvalue weighted by molar-refractivity contribution is 5.78. The second-order valence-corrected chi connectivity index (χ2v) is 6.89. The normalized spacial score (nSPS) is 12.2. The summed E-state index contributed by atoms with van der Waals surface area (Å²) in [5, 5.41) is 3.41. The minimum atomic E-state index is -0.414. The molecule has 0 spiro atoms. The first-order chi connectivity index (χ1) is 13.6. The first kappa shape index (κ1) is 26.8. The predicted molar refractivity (Wildman–Crippen MR) is 110 cm³/mol. The molecule has 0 aromatic rings. The van der Waals surface area contributed by atoms with Crippen LogP contribution < -0.4 is 16.8 Å². The third-order valence-corrected chi connectivity index (χ3v) is 4.33. The average Bonchev–Trinajstić information content (AvgIpc) is 2.66. The number of carbonyl (C=O) groups excluding carboxylic acids is 2. The van der Waals surface area contributed by atoms with Gasteiger partial charge in [0.05, 0.1) is 26.4 Å². The lowest BCUT2D eigenvalue weighted by Gasteiger charge is -2.12. The smallest absolute Gasteiger partial charge is 0.220 e. The van der Waals surface area contributed by atoms with E-state index in [0.717, 1.165) is 26.1 Å². The Labute approximate surface area is 170 Å². The summed E-state index contributed by atoms with van der Waals surface area (Å²) in [6.45, 7) is 7.75. The second-order valence-electron chi connectivity index (χ2n) is 6.89. The van der Waals surface area contributed by atoms with E-state index >= 15 is 0 Å². The maximum absolute atomic E-state index is 11.3. The van der Waals surface area contributed by atoms with Crippen LogP contribution in [0.15, 0.2) is 0 Å². The van der Waals surface area contributed by atoms with Crippen LogP contribution in [0.4, 0.5) is 0 Å². The maximum atomic E-state index is 11.3. The second kappa shape index (κ2) is 20.5. The van der Waals surface area contributed by atoms with Crippen molar-refractivity contribution >= 4 is 11.8 Å². The fourth-order valence-corrected chi connectivity index (χ4v) is 2.64. The standard InChI is InChI=1S/C20H41N3O5/c1-2-3-4-10-23-11-6-13-27-15-17-28-16-14-26-12-5-7-18(20(22)25)8-9-19(21)24/h18,23H,2-17H2,1H3,(H2,21,24)(H2,22,25). The highest BCUT2D eigenvalue weighted by atomic mass is 16.5. The monoisotopic (exact) mass is 403 g/mol. The van der Waals surface area contributed by atoms with Gasteiger partial charge in [0.25, 0.3) is 0 Å². The van der Waals surface area contributed by atoms with Crippen molar-refractivity contribution in [2.45, 2.75) is 58.3 Å². The molecular weight excluding hydrogens is 362 g/mol. The Hall–Kier alpha value is -1.22. The molecule has 1 unspecified atom stereocenters. The molecule has 8 heteroatoms. The Morgan fingerprint density at radius 1 is 0.786 bits per heavy atom. The van der Waals surface area contributed by atoms with Crippen LogP contribution >= 0.6 is 0 Å². The Kier molecular flexibility index (Phi) is 19.6. The topological polar surface area (TPSA) is 126 Å². The fourth-order valence-electron chi connectivity index (χ4n) is 2.64. The summed E-state index contributed by atoms with van der Waals surface area (Å²) in [5.41, 5.74) is 10.4. The number of ether oxygens (including phenoxy) is 3. The number of nitrogens with two attached hydrogens (primary N) is 2. The van der Waals surface area contributed by atoms with Gasteiger partial charge in [-0.05, 0) is 45.2 Å². The van der Waals surface area contributed by atoms with Crippen LogP contribution in [0.2, 0.25) is 0 Å². The van der Waals surface area contributed by atoms with E-state index in [2.05, 4.69) is 12.2 Å². The Bertz CT molecular complexity index is 383. The minimum Gasteiger partial charge on any atom is -0.379 e. The molecule has 8 nitrogen and oxygen atoms in total. The molecule has 0 fully saturated rings. The van der Waals surface area contributed by atoms with E-state index in [9.17, 15) is 9.59 Å². The van der Waals surface area contributed by atoms with E-state index in [1.54, 1.807) is 0 Å². The third-order valence-electron chi connectivity index (χ3n) is 4.33. The maximum Gasteiger partial charge on any atom is 0.220 e. The lowest BCUT2D eigenvalue weighted by molar-refractivity contribution is -0.123. The highest BCUT2D eigenvalue weighted by Crippen LogP contribution is 2.13. The van der Waals surface area contributed by atoms with Gasteiger partial charge in [0.2, 0.25) is 11.8 Å². The molecule has 0 rings (SSSR count). The van der Waals surface area contributed by atoms with Crippen molar-refractivity contribution in [3.63, 3.8) is 0 Å². The highest BCUT2D eigenvalue weighted by Gasteiger charge is 2.15. The van der Waals surface area contributed by atoms with E-state index in [-0.39, 0.29) is 12.3 Å². The third kappa shape index (κ3) is 19.5. The minimum absolute atomic E-state index is 0.180. The first-order valence-corrected chi connectivity index (χ1v) is 10.6. The number of primary amides is 2. The number of hydrogen-bond donors (Lipinski definition) is 3. The molecule has 0 saturated carbocycles. The lowest BCUT2D eigenvalue weighted by Crippen LogP contribution is -2.25. The molecule has 0 aliphatic heterocycles. The largest absolute Gasteiger partial charge is 0.379 e. The zero-order valence-electron chi connectivity index (χ0n) is 17.6. The quantitative estimate of drug-likeness (QED) is 0.234. The van der Waals surface area contributed by atoms with Gasteiger partial charge in [-0.1, -0.05) is 19.8 Å². The van der Waals surface area contributed by atoms with Crippen LogP contribution in [0, 0.1) is 5.92 Å². The Morgan fingerprint density at radius 3 is 1.93 bits per heavy atom. The van der Waals surface area contributed by atoms with Gasteiger partial charge in [-0.25, -0.2) is 0 Å². The summed E-state index contributed by atoms with van der Waals surface area (Å²) in [6.07, 6.45) is 6.70. The fraction of sp³-hybridized carbons (Fsp3) is 0.900. The summed E-state index contributed by atoms with van der Waals surface area (Å²) < 4.78 is 16.4. The van der Waals surface area contributed by atoms with Gasteiger partial charge in [-0.15, -0.1) is 0 Å². The Morgan fingerprint density at radius 2 is 1.36 bits per heavy atom. The molecule has 0 aliphatic rings. The van der Waals surface area contributed by atoms with Crippen LogP contribution in [0.25, 0.3) is 0 Å². The van der Waals surface area contributed by atoms with Crippen LogP contribution in [0.5, 0.6) is 0 Å². The molecule has 0 aromatic heterocycles. The van der Waals surface area contributed by atoms with Crippen molar-refractivity contribution in [2.24, 2.45) is 17.4 Å². The molecule has 1 atom stereocenters. The summed E-state index contributed by atoms with van der Waals surface area (Å²) in [6, 6.07) is 0. The molecule has 2 amide bonds. The van der Waals surface area contributed by atoms with Crippen LogP contribution in [0.1, 0.15) is 58.3 Å². The molecular formula is C20H41N3O5. The van der Waals surface area contributed by atoms with E-state index in [0.29, 0.717) is 52.3 Å². The predicted octanol–water partition coefficient (Wildman–Crippen LogP) is 1.35. The van der Waals surface area contributed by atoms with Crippen LogP contribution in [0.3, 0.4) is 0 Å². The van der Waals surface area contributed by atoms with Gasteiger partial charge in [0.1, 0.15) is 0 Å². The number of carbonyl (C=O) groups is 2. The van der Waals surface area contributed by atoms with E-state index in [4.69, 9.17) is 25.7 Å². The number of hydrogen-bond acceptors (Lipinski definition) is 6. The van der Waals surface area contributed by atoms with Crippen molar-refractivity contribution in [3.05, 3.63) is 0 Å². The van der Waals surface area contributed by atoms with E-state index < -0.39 is 11.8 Å². The molecule has 0 saturated heterocycles. The number of rotatable bonds is 22. The molecule has 28 heavy (non-hydrogen) atoms. The van der Waals surface area contributed by atoms with Crippen molar-refractivity contribution in [2.75, 3.05) is 52.7 Å². The van der Waals surface area contributed by atoms with Gasteiger partial charge in [0.15, 0.2) is 0 Å². The van der Waals surface area contributed by atoms with Crippen molar-refractivity contribution in [1.29, 1.82) is 0 Å². The van der Waals surface area contributed by atoms with Crippen LogP contribution in [-0.2, 0) is 23.8 Å². The molecule has 0 bridgehead atoms. The summed E-state index contributed by atoms with van der Waals surface area (Å²) >= 11 is 0.